The fourth-order valence-corrected chi connectivity index (χ4v) is 2.63. The van der Waals surface area contributed by atoms with Gasteiger partial charge >= 0.3 is 5.97 Å². The second-order valence-electron chi connectivity index (χ2n) is 4.84. The molecule has 21 heavy (non-hydrogen) atoms. The summed E-state index contributed by atoms with van der Waals surface area (Å²) in [6.07, 6.45) is 7.63. The number of hydrogen-bond acceptors (Lipinski definition) is 5. The van der Waals surface area contributed by atoms with Crippen LogP contribution in [0.4, 0.5) is 0 Å². The molecule has 1 aliphatic rings. The van der Waals surface area contributed by atoms with Gasteiger partial charge in [0.2, 0.25) is 0 Å². The third-order valence-electron chi connectivity index (χ3n) is 3.42. The van der Waals surface area contributed by atoms with Gasteiger partial charge in [-0.1, -0.05) is 6.08 Å². The van der Waals surface area contributed by atoms with E-state index in [1.165, 1.54) is 0 Å². The summed E-state index contributed by atoms with van der Waals surface area (Å²) in [6.45, 7) is 3.70. The molecule has 5 heteroatoms. The van der Waals surface area contributed by atoms with Crippen molar-refractivity contribution >= 4 is 23.3 Å². The van der Waals surface area contributed by atoms with E-state index in [9.17, 15) is 4.79 Å². The second kappa shape index (κ2) is 8.20. The Bertz CT molecular complexity index is 493. The maximum absolute atomic E-state index is 12.2. The number of carbonyl (C=O) groups is 1. The minimum atomic E-state index is -0.275. The molecule has 1 aromatic heterocycles. The maximum Gasteiger partial charge on any atom is 0.338 e. The van der Waals surface area contributed by atoms with Crippen LogP contribution in [0.15, 0.2) is 29.4 Å². The topological polar surface area (TPSA) is 48.4 Å². The summed E-state index contributed by atoms with van der Waals surface area (Å²) >= 11 is 1.58. The van der Waals surface area contributed by atoms with Crippen molar-refractivity contribution in [2.45, 2.75) is 24.8 Å². The van der Waals surface area contributed by atoms with Gasteiger partial charge in [-0.05, 0) is 44.1 Å². The quantitative estimate of drug-likeness (QED) is 0.475. The highest BCUT2D eigenvalue weighted by Crippen LogP contribution is 2.24. The third kappa shape index (κ3) is 4.58. The van der Waals surface area contributed by atoms with Crippen LogP contribution in [0.5, 0.6) is 0 Å². The van der Waals surface area contributed by atoms with E-state index in [0.717, 1.165) is 36.6 Å². The minimum Gasteiger partial charge on any atom is -0.462 e. The van der Waals surface area contributed by atoms with Gasteiger partial charge in [-0.15, -0.1) is 11.8 Å². The van der Waals surface area contributed by atoms with Crippen molar-refractivity contribution in [3.63, 3.8) is 0 Å². The highest BCUT2D eigenvalue weighted by atomic mass is 32.2. The number of carbonyl (C=O) groups excluding carboxylic acids is 1. The van der Waals surface area contributed by atoms with Crippen molar-refractivity contribution in [2.75, 3.05) is 26.1 Å². The Morgan fingerprint density at radius 3 is 2.81 bits per heavy atom. The molecule has 4 nitrogen and oxygen atoms in total. The zero-order valence-electron chi connectivity index (χ0n) is 12.5. The summed E-state index contributed by atoms with van der Waals surface area (Å²) in [5.74, 6) is 0.0843. The summed E-state index contributed by atoms with van der Waals surface area (Å²) in [6, 6.07) is 3.86. The molecule has 0 radical (unpaired) electrons. The van der Waals surface area contributed by atoms with Crippen LogP contribution >= 0.6 is 11.8 Å². The van der Waals surface area contributed by atoms with Crippen LogP contribution in [0, 0.1) is 5.92 Å². The molecule has 0 N–H and O–H groups in total. The van der Waals surface area contributed by atoms with Gasteiger partial charge in [0.25, 0.3) is 0 Å². The minimum absolute atomic E-state index is 0.275. The van der Waals surface area contributed by atoms with E-state index >= 15 is 0 Å². The molecule has 0 bridgehead atoms. The molecule has 0 saturated carbocycles. The standard InChI is InChI=1S/C16H21NO3S/c1-3-20-16(18)14(10-12-6-8-19-9-7-12)13-4-5-15(21-2)17-11-13/h4-5,10-12H,3,6-9H2,1-2H3. The highest BCUT2D eigenvalue weighted by Gasteiger charge is 2.18. The van der Waals surface area contributed by atoms with Crippen LogP contribution in [0.25, 0.3) is 5.57 Å². The number of ether oxygens (including phenoxy) is 2. The Hall–Kier alpha value is -1.33. The zero-order chi connectivity index (χ0) is 15.1. The summed E-state index contributed by atoms with van der Waals surface area (Å²) in [5, 5.41) is 0.938. The van der Waals surface area contributed by atoms with E-state index in [2.05, 4.69) is 4.98 Å². The molecule has 0 amide bonds. The summed E-state index contributed by atoms with van der Waals surface area (Å²) in [5.41, 5.74) is 1.43. The lowest BCUT2D eigenvalue weighted by Crippen LogP contribution is -2.16. The SMILES string of the molecule is CCOC(=O)C(=CC1CCOCC1)c1ccc(SC)nc1. The first-order valence-electron chi connectivity index (χ1n) is 7.21. The predicted molar refractivity (Wildman–Crippen MR) is 84.2 cm³/mol. The zero-order valence-corrected chi connectivity index (χ0v) is 13.3. The van der Waals surface area contributed by atoms with E-state index in [4.69, 9.17) is 9.47 Å². The van der Waals surface area contributed by atoms with E-state index in [-0.39, 0.29) is 5.97 Å². The number of allylic oxidation sites excluding steroid dienone is 1. The molecule has 1 saturated heterocycles. The first-order chi connectivity index (χ1) is 10.2. The number of rotatable bonds is 5. The number of nitrogens with zero attached hydrogens (tertiary/aromatic N) is 1. The number of pyridine rings is 1. The van der Waals surface area contributed by atoms with Crippen LogP contribution in [-0.4, -0.2) is 37.0 Å². The van der Waals surface area contributed by atoms with E-state index < -0.39 is 0 Å². The summed E-state index contributed by atoms with van der Waals surface area (Å²) in [7, 11) is 0. The molecule has 0 aliphatic carbocycles. The lowest BCUT2D eigenvalue weighted by Gasteiger charge is -2.20. The Labute approximate surface area is 129 Å². The third-order valence-corrected chi connectivity index (χ3v) is 4.08. The summed E-state index contributed by atoms with van der Waals surface area (Å²) < 4.78 is 10.5. The van der Waals surface area contributed by atoms with Gasteiger partial charge in [-0.3, -0.25) is 0 Å². The Kier molecular flexibility index (Phi) is 6.26. The van der Waals surface area contributed by atoms with Gasteiger partial charge in [0.15, 0.2) is 0 Å². The van der Waals surface area contributed by atoms with Crippen molar-refractivity contribution < 1.29 is 14.3 Å². The number of hydrogen-bond donors (Lipinski definition) is 0. The van der Waals surface area contributed by atoms with Gasteiger partial charge in [-0.2, -0.15) is 0 Å². The van der Waals surface area contributed by atoms with Gasteiger partial charge in [0.05, 0.1) is 17.2 Å². The van der Waals surface area contributed by atoms with Crippen LogP contribution in [0.3, 0.4) is 0 Å². The fourth-order valence-electron chi connectivity index (χ4n) is 2.27. The highest BCUT2D eigenvalue weighted by molar-refractivity contribution is 7.98. The molecule has 0 spiro atoms. The van der Waals surface area contributed by atoms with Crippen molar-refractivity contribution in [1.29, 1.82) is 0 Å². The number of esters is 1. The van der Waals surface area contributed by atoms with E-state index in [1.54, 1.807) is 18.0 Å². The Morgan fingerprint density at radius 1 is 1.48 bits per heavy atom. The van der Waals surface area contributed by atoms with Crippen molar-refractivity contribution in [1.82, 2.24) is 4.98 Å². The van der Waals surface area contributed by atoms with Gasteiger partial charge in [0, 0.05) is 25.0 Å². The van der Waals surface area contributed by atoms with Crippen molar-refractivity contribution in [3.8, 4) is 0 Å². The van der Waals surface area contributed by atoms with Gasteiger partial charge in [-0.25, -0.2) is 9.78 Å². The van der Waals surface area contributed by atoms with Crippen LogP contribution in [0.1, 0.15) is 25.3 Å². The molecule has 1 aliphatic heterocycles. The lowest BCUT2D eigenvalue weighted by atomic mass is 9.95. The first kappa shape index (κ1) is 16.0. The lowest BCUT2D eigenvalue weighted by molar-refractivity contribution is -0.136. The second-order valence-corrected chi connectivity index (χ2v) is 5.67. The largest absolute Gasteiger partial charge is 0.462 e. The molecular formula is C16H21NO3S. The van der Waals surface area contributed by atoms with Crippen molar-refractivity contribution in [2.24, 2.45) is 5.92 Å². The average molecular weight is 307 g/mol. The fraction of sp³-hybridized carbons (Fsp3) is 0.500. The monoisotopic (exact) mass is 307 g/mol. The normalized spacial score (nSPS) is 16.8. The Balaban J connectivity index is 2.25. The maximum atomic E-state index is 12.2. The van der Waals surface area contributed by atoms with Crippen molar-refractivity contribution in [3.05, 3.63) is 30.0 Å². The van der Waals surface area contributed by atoms with Crippen LogP contribution in [-0.2, 0) is 14.3 Å². The molecule has 0 aromatic carbocycles. The average Bonchev–Trinajstić information content (AvgIpc) is 2.54. The smallest absolute Gasteiger partial charge is 0.338 e. The molecule has 0 unspecified atom stereocenters. The number of thioether (sulfide) groups is 1. The van der Waals surface area contributed by atoms with Crippen LogP contribution < -0.4 is 0 Å². The summed E-state index contributed by atoms with van der Waals surface area (Å²) in [4.78, 5) is 16.6. The molecular weight excluding hydrogens is 286 g/mol. The molecule has 1 fully saturated rings. The molecule has 0 atom stereocenters. The van der Waals surface area contributed by atoms with E-state index in [0.29, 0.717) is 18.1 Å². The van der Waals surface area contributed by atoms with Crippen LogP contribution in [0.2, 0.25) is 0 Å². The first-order valence-corrected chi connectivity index (χ1v) is 8.44. The molecule has 114 valence electrons. The van der Waals surface area contributed by atoms with Gasteiger partial charge < -0.3 is 9.47 Å². The van der Waals surface area contributed by atoms with Gasteiger partial charge in [0.1, 0.15) is 0 Å². The number of aromatic nitrogens is 1. The predicted octanol–water partition coefficient (Wildman–Crippen LogP) is 3.18. The Morgan fingerprint density at radius 2 is 2.24 bits per heavy atom. The molecule has 1 aromatic rings. The molecule has 2 heterocycles. The molecule has 2 rings (SSSR count). The van der Waals surface area contributed by atoms with E-state index in [1.807, 2.05) is 31.4 Å².